The van der Waals surface area contributed by atoms with Crippen LogP contribution in [0.5, 0.6) is 0 Å². The van der Waals surface area contributed by atoms with Gasteiger partial charge in [0.2, 0.25) is 0 Å². The molecule has 0 radical (unpaired) electrons. The Kier molecular flexibility index (Phi) is 4.13. The van der Waals surface area contributed by atoms with Crippen molar-refractivity contribution >= 4 is 11.8 Å². The van der Waals surface area contributed by atoms with E-state index in [0.29, 0.717) is 13.1 Å². The summed E-state index contributed by atoms with van der Waals surface area (Å²) in [6.45, 7) is 9.69. The zero-order valence-corrected chi connectivity index (χ0v) is 15.7. The smallest absolute Gasteiger partial charge is 0.410 e. The lowest BCUT2D eigenvalue weighted by Crippen LogP contribution is -2.50. The second-order valence-electron chi connectivity index (χ2n) is 7.99. The van der Waals surface area contributed by atoms with E-state index >= 15 is 0 Å². The molecule has 3 heterocycles. The van der Waals surface area contributed by atoms with Crippen molar-refractivity contribution in [1.82, 2.24) is 14.5 Å². The molecule has 0 bridgehead atoms. The van der Waals surface area contributed by atoms with Gasteiger partial charge < -0.3 is 19.1 Å². The van der Waals surface area contributed by atoms with E-state index in [4.69, 9.17) is 4.74 Å². The summed E-state index contributed by atoms with van der Waals surface area (Å²) < 4.78 is 7.70. The maximum atomic E-state index is 12.2. The molecule has 0 saturated carbocycles. The number of carbonyl (C=O) groups is 1. The van der Waals surface area contributed by atoms with E-state index in [1.807, 2.05) is 33.2 Å². The van der Waals surface area contributed by atoms with E-state index in [9.17, 15) is 4.79 Å². The van der Waals surface area contributed by atoms with Crippen molar-refractivity contribution in [3.63, 3.8) is 0 Å². The third kappa shape index (κ3) is 3.28. The number of fused-ring (bicyclic) bond motifs is 3. The number of ether oxygens (including phenoxy) is 1. The van der Waals surface area contributed by atoms with Gasteiger partial charge in [-0.25, -0.2) is 9.78 Å². The number of rotatable bonds is 1. The maximum absolute atomic E-state index is 12.2. The number of carbonyl (C=O) groups excluding carboxylic acids is 1. The van der Waals surface area contributed by atoms with E-state index in [0.717, 1.165) is 31.9 Å². The number of aryl methyl sites for hydroxylation is 2. The Labute approximate surface area is 154 Å². The quantitative estimate of drug-likeness (QED) is 0.789. The molecule has 138 valence electrons. The minimum atomic E-state index is -0.450. The third-order valence-corrected chi connectivity index (χ3v) is 4.97. The molecule has 2 aliphatic heterocycles. The second-order valence-corrected chi connectivity index (χ2v) is 7.99. The van der Waals surface area contributed by atoms with Gasteiger partial charge >= 0.3 is 6.09 Å². The predicted molar refractivity (Wildman–Crippen MR) is 101 cm³/mol. The minimum absolute atomic E-state index is 0.218. The lowest BCUT2D eigenvalue weighted by molar-refractivity contribution is 0.0240. The molecule has 6 heteroatoms. The number of aromatic nitrogens is 2. The Morgan fingerprint density at radius 1 is 1.12 bits per heavy atom. The molecule has 1 saturated heterocycles. The monoisotopic (exact) mass is 354 g/mol. The standard InChI is InChI=1S/C20H26N4O2/c1-20(2,3)26-19(25)24-12-10-22(11-13-24)16-5-4-15-6-8-23-9-7-21-18(23)17(15)14-16/h4-5,7,9,14H,6,8,10-13H2,1-3H3. The van der Waals surface area contributed by atoms with Crippen LogP contribution in [0.2, 0.25) is 0 Å². The van der Waals surface area contributed by atoms with Crippen LogP contribution in [0.4, 0.5) is 10.5 Å². The Bertz CT molecular complexity index is 813. The Balaban J connectivity index is 1.46. The van der Waals surface area contributed by atoms with Crippen molar-refractivity contribution in [1.29, 1.82) is 0 Å². The Morgan fingerprint density at radius 2 is 1.88 bits per heavy atom. The highest BCUT2D eigenvalue weighted by atomic mass is 16.6. The van der Waals surface area contributed by atoms with Gasteiger partial charge in [-0.05, 0) is 44.9 Å². The van der Waals surface area contributed by atoms with E-state index in [1.165, 1.54) is 16.8 Å². The number of amides is 1. The van der Waals surface area contributed by atoms with Crippen LogP contribution >= 0.6 is 0 Å². The summed E-state index contributed by atoms with van der Waals surface area (Å²) in [6, 6.07) is 6.67. The molecule has 0 aliphatic carbocycles. The molecule has 2 aliphatic rings. The van der Waals surface area contributed by atoms with Crippen LogP contribution in [0.15, 0.2) is 30.6 Å². The first kappa shape index (κ1) is 16.9. The summed E-state index contributed by atoms with van der Waals surface area (Å²) in [6.07, 6.45) is 4.75. The van der Waals surface area contributed by atoms with Crippen LogP contribution in [0, 0.1) is 0 Å². The molecule has 0 spiro atoms. The largest absolute Gasteiger partial charge is 0.444 e. The fourth-order valence-corrected chi connectivity index (χ4v) is 3.64. The van der Waals surface area contributed by atoms with E-state index in [2.05, 4.69) is 32.7 Å². The number of piperazine rings is 1. The van der Waals surface area contributed by atoms with Crippen molar-refractivity contribution in [3.05, 3.63) is 36.2 Å². The number of hydrogen-bond donors (Lipinski definition) is 0. The maximum Gasteiger partial charge on any atom is 0.410 e. The minimum Gasteiger partial charge on any atom is -0.444 e. The van der Waals surface area contributed by atoms with Gasteiger partial charge in [0.1, 0.15) is 11.4 Å². The number of anilines is 1. The summed E-state index contributed by atoms with van der Waals surface area (Å²) in [4.78, 5) is 20.9. The molecule has 4 rings (SSSR count). The number of imidazole rings is 1. The van der Waals surface area contributed by atoms with Gasteiger partial charge in [-0.2, -0.15) is 0 Å². The number of nitrogens with zero attached hydrogens (tertiary/aromatic N) is 4. The summed E-state index contributed by atoms with van der Waals surface area (Å²) >= 11 is 0. The second kappa shape index (κ2) is 6.34. The van der Waals surface area contributed by atoms with Crippen molar-refractivity contribution < 1.29 is 9.53 Å². The highest BCUT2D eigenvalue weighted by Gasteiger charge is 2.26. The SMILES string of the molecule is CC(C)(C)OC(=O)N1CCN(c2ccc3c(c2)-c2nccn2CC3)CC1. The molecule has 0 atom stereocenters. The van der Waals surface area contributed by atoms with Gasteiger partial charge in [0.05, 0.1) is 0 Å². The molecular formula is C20H26N4O2. The number of hydrogen-bond acceptors (Lipinski definition) is 4. The average molecular weight is 354 g/mol. The molecule has 26 heavy (non-hydrogen) atoms. The molecule has 1 amide bonds. The number of benzene rings is 1. The molecule has 0 N–H and O–H groups in total. The average Bonchev–Trinajstić information content (AvgIpc) is 3.09. The Morgan fingerprint density at radius 3 is 2.62 bits per heavy atom. The van der Waals surface area contributed by atoms with Gasteiger partial charge in [0.25, 0.3) is 0 Å². The first-order valence-electron chi connectivity index (χ1n) is 9.28. The van der Waals surface area contributed by atoms with Gasteiger partial charge in [-0.1, -0.05) is 6.07 Å². The fraction of sp³-hybridized carbons (Fsp3) is 0.500. The molecule has 2 aromatic rings. The van der Waals surface area contributed by atoms with Crippen molar-refractivity contribution in [3.8, 4) is 11.4 Å². The lowest BCUT2D eigenvalue weighted by Gasteiger charge is -2.37. The van der Waals surface area contributed by atoms with Crippen LogP contribution in [-0.4, -0.2) is 52.3 Å². The topological polar surface area (TPSA) is 50.6 Å². The summed E-state index contributed by atoms with van der Waals surface area (Å²) in [5.74, 6) is 1.06. The highest BCUT2D eigenvalue weighted by molar-refractivity contribution is 5.70. The molecule has 0 unspecified atom stereocenters. The zero-order valence-electron chi connectivity index (χ0n) is 15.7. The Hall–Kier alpha value is -2.50. The van der Waals surface area contributed by atoms with Crippen LogP contribution < -0.4 is 4.90 Å². The van der Waals surface area contributed by atoms with Crippen LogP contribution in [0.1, 0.15) is 26.3 Å². The predicted octanol–water partition coefficient (Wildman–Crippen LogP) is 3.16. The lowest BCUT2D eigenvalue weighted by atomic mass is 9.99. The van der Waals surface area contributed by atoms with E-state index < -0.39 is 5.60 Å². The van der Waals surface area contributed by atoms with Gasteiger partial charge in [0.15, 0.2) is 0 Å². The summed E-state index contributed by atoms with van der Waals surface area (Å²) in [5, 5.41) is 0. The third-order valence-electron chi connectivity index (χ3n) is 4.97. The summed E-state index contributed by atoms with van der Waals surface area (Å²) in [5.41, 5.74) is 3.34. The van der Waals surface area contributed by atoms with Gasteiger partial charge in [-0.3, -0.25) is 0 Å². The van der Waals surface area contributed by atoms with Crippen molar-refractivity contribution in [2.45, 2.75) is 39.3 Å². The van der Waals surface area contributed by atoms with Crippen LogP contribution in [0.25, 0.3) is 11.4 Å². The van der Waals surface area contributed by atoms with E-state index in [1.54, 1.807) is 4.90 Å². The van der Waals surface area contributed by atoms with Crippen molar-refractivity contribution in [2.24, 2.45) is 0 Å². The van der Waals surface area contributed by atoms with Gasteiger partial charge in [-0.15, -0.1) is 0 Å². The van der Waals surface area contributed by atoms with Crippen LogP contribution in [-0.2, 0) is 17.7 Å². The molecule has 1 fully saturated rings. The van der Waals surface area contributed by atoms with Gasteiger partial charge in [0, 0.05) is 56.4 Å². The fourth-order valence-electron chi connectivity index (χ4n) is 3.64. The molecule has 6 nitrogen and oxygen atoms in total. The molecule has 1 aromatic heterocycles. The molecular weight excluding hydrogens is 328 g/mol. The first-order valence-corrected chi connectivity index (χ1v) is 9.28. The highest BCUT2D eigenvalue weighted by Crippen LogP contribution is 2.32. The normalized spacial score (nSPS) is 16.9. The zero-order chi connectivity index (χ0) is 18.3. The molecule has 1 aromatic carbocycles. The van der Waals surface area contributed by atoms with Crippen LogP contribution in [0.3, 0.4) is 0 Å². The van der Waals surface area contributed by atoms with E-state index in [-0.39, 0.29) is 6.09 Å². The first-order chi connectivity index (χ1) is 12.4. The van der Waals surface area contributed by atoms with Crippen molar-refractivity contribution in [2.75, 3.05) is 31.1 Å². The summed E-state index contributed by atoms with van der Waals surface area (Å²) in [7, 11) is 0.